The van der Waals surface area contributed by atoms with Crippen LogP contribution in [0.4, 0.5) is 17.1 Å². The summed E-state index contributed by atoms with van der Waals surface area (Å²) >= 11 is 0. The number of anilines is 3. The van der Waals surface area contributed by atoms with E-state index in [9.17, 15) is 0 Å². The van der Waals surface area contributed by atoms with Gasteiger partial charge in [0.15, 0.2) is 0 Å². The first-order chi connectivity index (χ1) is 34.7. The number of rotatable bonds is 6. The van der Waals surface area contributed by atoms with Gasteiger partial charge in [-0.15, -0.1) is 0 Å². The lowest BCUT2D eigenvalue weighted by molar-refractivity contribution is 1.18. The van der Waals surface area contributed by atoms with E-state index in [1.54, 1.807) is 0 Å². The van der Waals surface area contributed by atoms with Crippen molar-refractivity contribution in [3.05, 3.63) is 255 Å². The Hall–Kier alpha value is -9.24. The molecule has 0 aliphatic heterocycles. The molecule has 15 aromatic rings. The van der Waals surface area contributed by atoms with Crippen LogP contribution >= 0.6 is 0 Å². The Morgan fingerprint density at radius 3 is 1.39 bits per heavy atom. The summed E-state index contributed by atoms with van der Waals surface area (Å²) in [5, 5.41) is 20.2. The van der Waals surface area contributed by atoms with Crippen LogP contribution in [0.2, 0.25) is 0 Å². The first-order valence-corrected chi connectivity index (χ1v) is 24.2. The van der Waals surface area contributed by atoms with E-state index in [-0.39, 0.29) is 0 Å². The molecule has 0 saturated carbocycles. The fourth-order valence-electron chi connectivity index (χ4n) is 12.0. The van der Waals surface area contributed by atoms with Gasteiger partial charge in [-0.05, 0) is 147 Å². The molecule has 0 fully saturated rings. The maximum Gasteiger partial charge on any atom is 0.0619 e. The Labute approximate surface area is 404 Å². The molecule has 15 rings (SSSR count). The van der Waals surface area contributed by atoms with Gasteiger partial charge < -0.3 is 9.47 Å². The monoisotopic (exact) mass is 886 g/mol. The third kappa shape index (κ3) is 5.74. The SMILES string of the molecule is c1ccc(-n2c3ccccc3c3cccc(-c4ccc(N(c5ccc(-c6cccc7ccccc67)cc5)c5cc6ccc7cccc8c9cccc%10ccc%11cccc(c(c5)c6c78)c%11c%109)cc4)c32)cc1. The average Bonchev–Trinajstić information content (AvgIpc) is 3.77. The molecule has 2 heteroatoms. The van der Waals surface area contributed by atoms with Crippen LogP contribution in [0, 0.1) is 0 Å². The second-order valence-corrected chi connectivity index (χ2v) is 18.8. The van der Waals surface area contributed by atoms with Crippen LogP contribution in [-0.4, -0.2) is 4.57 Å². The van der Waals surface area contributed by atoms with Crippen molar-refractivity contribution in [2.45, 2.75) is 0 Å². The number of aromatic nitrogens is 1. The summed E-state index contributed by atoms with van der Waals surface area (Å²) in [5.74, 6) is 0. The maximum absolute atomic E-state index is 2.46. The Morgan fingerprint density at radius 1 is 0.257 bits per heavy atom. The van der Waals surface area contributed by atoms with E-state index in [4.69, 9.17) is 0 Å². The Morgan fingerprint density at radius 2 is 0.714 bits per heavy atom. The molecule has 70 heavy (non-hydrogen) atoms. The summed E-state index contributed by atoms with van der Waals surface area (Å²) < 4.78 is 2.43. The van der Waals surface area contributed by atoms with Crippen molar-refractivity contribution in [3.8, 4) is 27.9 Å². The number of hydrogen-bond acceptors (Lipinski definition) is 1. The number of fused-ring (bicyclic) bond motifs is 6. The normalized spacial score (nSPS) is 12.0. The van der Waals surface area contributed by atoms with Crippen LogP contribution in [0.3, 0.4) is 0 Å². The first-order valence-electron chi connectivity index (χ1n) is 24.2. The fraction of sp³-hybridized carbons (Fsp3) is 0. The quantitative estimate of drug-likeness (QED) is 0.151. The molecule has 0 unspecified atom stereocenters. The zero-order chi connectivity index (χ0) is 45.9. The van der Waals surface area contributed by atoms with Gasteiger partial charge in [-0.1, -0.05) is 200 Å². The molecule has 0 bridgehead atoms. The minimum Gasteiger partial charge on any atom is -0.310 e. The third-order valence-electron chi connectivity index (χ3n) is 15.0. The lowest BCUT2D eigenvalue weighted by atomic mass is 9.87. The summed E-state index contributed by atoms with van der Waals surface area (Å²) in [5.41, 5.74) is 11.6. The van der Waals surface area contributed by atoms with Gasteiger partial charge in [0.1, 0.15) is 0 Å². The fourth-order valence-corrected chi connectivity index (χ4v) is 12.0. The van der Waals surface area contributed by atoms with E-state index < -0.39 is 0 Å². The number of nitrogens with zero attached hydrogens (tertiary/aromatic N) is 2. The summed E-state index contributed by atoms with van der Waals surface area (Å²) in [7, 11) is 0. The van der Waals surface area contributed by atoms with E-state index in [0.717, 1.165) is 22.7 Å². The van der Waals surface area contributed by atoms with Crippen molar-refractivity contribution in [1.29, 1.82) is 0 Å². The van der Waals surface area contributed by atoms with Gasteiger partial charge in [-0.25, -0.2) is 0 Å². The molecule has 0 N–H and O–H groups in total. The first kappa shape index (κ1) is 38.8. The molecule has 1 aromatic heterocycles. The highest BCUT2D eigenvalue weighted by Gasteiger charge is 2.21. The summed E-state index contributed by atoms with van der Waals surface area (Å²) in [6.45, 7) is 0. The van der Waals surface area contributed by atoms with Gasteiger partial charge in [-0.2, -0.15) is 0 Å². The lowest BCUT2D eigenvalue weighted by Gasteiger charge is -2.27. The standard InChI is InChI=1S/C68H42N2/c1-2-18-50(19-3-1)70-63-28-7-6-21-57(63)61-27-12-23-56(68(61)70)45-35-39-52(40-36-45)69(51-37-33-44(34-38-51)55-22-8-14-43-13-4-5-20-54(43)55)53-41-49-32-31-48-16-10-25-59-58-24-9-15-46-29-30-47-17-11-26-60(66(47)64(46)58)62(42-53)67(49)65(48)59/h1-42H. The highest BCUT2D eigenvalue weighted by Crippen LogP contribution is 2.47. The van der Waals surface area contributed by atoms with Gasteiger partial charge in [-0.3, -0.25) is 0 Å². The molecule has 0 radical (unpaired) electrons. The smallest absolute Gasteiger partial charge is 0.0619 e. The van der Waals surface area contributed by atoms with Crippen LogP contribution in [0.25, 0.3) is 125 Å². The van der Waals surface area contributed by atoms with Gasteiger partial charge in [0.05, 0.1) is 11.0 Å². The topological polar surface area (TPSA) is 8.17 Å². The van der Waals surface area contributed by atoms with Crippen molar-refractivity contribution >= 4 is 114 Å². The summed E-state index contributed by atoms with van der Waals surface area (Å²) in [6, 6.07) is 94.6. The second kappa shape index (κ2) is 15.1. The Kier molecular flexibility index (Phi) is 8.39. The zero-order valence-corrected chi connectivity index (χ0v) is 38.1. The van der Waals surface area contributed by atoms with Gasteiger partial charge in [0.25, 0.3) is 0 Å². The van der Waals surface area contributed by atoms with Gasteiger partial charge in [0.2, 0.25) is 0 Å². The van der Waals surface area contributed by atoms with Crippen molar-refractivity contribution in [2.75, 3.05) is 4.90 Å². The lowest BCUT2D eigenvalue weighted by Crippen LogP contribution is -2.10. The summed E-state index contributed by atoms with van der Waals surface area (Å²) in [4.78, 5) is 2.46. The molecule has 0 atom stereocenters. The van der Waals surface area contributed by atoms with Crippen LogP contribution in [0.5, 0.6) is 0 Å². The molecule has 1 heterocycles. The number of para-hydroxylation sites is 3. The van der Waals surface area contributed by atoms with E-state index in [1.807, 2.05) is 0 Å². The predicted molar refractivity (Wildman–Crippen MR) is 300 cm³/mol. The number of benzene rings is 13. The van der Waals surface area contributed by atoms with Crippen molar-refractivity contribution < 1.29 is 0 Å². The van der Waals surface area contributed by atoms with Gasteiger partial charge in [0, 0.05) is 39.1 Å². The molecular formula is C68H42N2. The minimum atomic E-state index is 1.09. The highest BCUT2D eigenvalue weighted by molar-refractivity contribution is 6.37. The molecule has 324 valence electrons. The van der Waals surface area contributed by atoms with Crippen LogP contribution in [0.15, 0.2) is 255 Å². The second-order valence-electron chi connectivity index (χ2n) is 18.8. The molecular weight excluding hydrogens is 845 g/mol. The van der Waals surface area contributed by atoms with E-state index in [2.05, 4.69) is 264 Å². The molecule has 14 aromatic carbocycles. The van der Waals surface area contributed by atoms with Crippen LogP contribution < -0.4 is 4.90 Å². The Balaban J connectivity index is 0.982. The van der Waals surface area contributed by atoms with E-state index in [0.29, 0.717) is 0 Å². The largest absolute Gasteiger partial charge is 0.310 e. The Bertz CT molecular complexity index is 4550. The molecule has 2 nitrogen and oxygen atoms in total. The minimum absolute atomic E-state index is 1.09. The zero-order valence-electron chi connectivity index (χ0n) is 38.1. The van der Waals surface area contributed by atoms with Crippen LogP contribution in [-0.2, 0) is 0 Å². The number of hydrogen-bond donors (Lipinski definition) is 0. The van der Waals surface area contributed by atoms with Crippen molar-refractivity contribution in [1.82, 2.24) is 4.57 Å². The molecule has 0 spiro atoms. The van der Waals surface area contributed by atoms with E-state index >= 15 is 0 Å². The molecule has 0 saturated heterocycles. The third-order valence-corrected chi connectivity index (χ3v) is 15.0. The summed E-state index contributed by atoms with van der Waals surface area (Å²) in [6.07, 6.45) is 0. The van der Waals surface area contributed by atoms with Crippen LogP contribution in [0.1, 0.15) is 0 Å². The predicted octanol–water partition coefficient (Wildman–Crippen LogP) is 19.1. The van der Waals surface area contributed by atoms with Gasteiger partial charge >= 0.3 is 0 Å². The van der Waals surface area contributed by atoms with E-state index in [1.165, 1.54) is 119 Å². The van der Waals surface area contributed by atoms with Crippen molar-refractivity contribution in [2.24, 2.45) is 0 Å². The van der Waals surface area contributed by atoms with Crippen molar-refractivity contribution in [3.63, 3.8) is 0 Å². The molecule has 0 aliphatic carbocycles. The average molecular weight is 887 g/mol. The highest BCUT2D eigenvalue weighted by atomic mass is 15.1. The maximum atomic E-state index is 2.46. The molecule has 0 aliphatic rings. The molecule has 0 amide bonds.